The number of carbonyl (C=O) groups is 1. The summed E-state index contributed by atoms with van der Waals surface area (Å²) in [5.41, 5.74) is 0. The summed E-state index contributed by atoms with van der Waals surface area (Å²) >= 11 is 3.43. The highest BCUT2D eigenvalue weighted by atomic mass is 79.9. The van der Waals surface area contributed by atoms with Crippen LogP contribution >= 0.6 is 15.9 Å². The Morgan fingerprint density at radius 3 is 1.73 bits per heavy atom. The molecule has 0 aliphatic carbocycles. The van der Waals surface area contributed by atoms with Crippen LogP contribution in [0.4, 0.5) is 0 Å². The summed E-state index contributed by atoms with van der Waals surface area (Å²) in [6, 6.07) is 0. The van der Waals surface area contributed by atoms with E-state index in [9.17, 15) is 4.79 Å². The molecule has 0 saturated heterocycles. The minimum atomic E-state index is -0.188. The normalized spacial score (nSPS) is 10.8. The predicted octanol–water partition coefficient (Wildman–Crippen LogP) is 7.57. The first-order valence-corrected chi connectivity index (χ1v) is 14.2. The maximum Gasteiger partial charge on any atom is 0.305 e. The molecule has 0 radical (unpaired) electrons. The molecule has 0 amide bonds. The molecule has 0 N–H and O–H groups in total. The number of esters is 1. The van der Waals surface area contributed by atoms with E-state index in [-0.39, 0.29) is 12.3 Å². The third-order valence-corrected chi connectivity index (χ3v) is 5.96. The van der Waals surface area contributed by atoms with Crippen LogP contribution in [0.5, 0.6) is 0 Å². The number of alkyl halides is 1. The molecule has 0 saturated carbocycles. The van der Waals surface area contributed by atoms with Crippen LogP contribution in [-0.4, -0.2) is 37.4 Å². The average molecular weight is 528 g/mol. The van der Waals surface area contributed by atoms with E-state index in [1.54, 1.807) is 0 Å². The van der Waals surface area contributed by atoms with Crippen LogP contribution < -0.4 is 0 Å². The molecule has 5 heteroatoms. The number of terminal acetylenes is 2. The zero-order valence-electron chi connectivity index (χ0n) is 20.8. The Morgan fingerprint density at radius 1 is 0.667 bits per heavy atom. The third kappa shape index (κ3) is 25.5. The molecule has 0 heterocycles. The smallest absolute Gasteiger partial charge is 0.305 e. The van der Waals surface area contributed by atoms with Gasteiger partial charge in [0, 0.05) is 37.8 Å². The number of ether oxygens (including phenoxy) is 3. The number of halogens is 1. The first kappa shape index (κ1) is 32.0. The van der Waals surface area contributed by atoms with Crippen LogP contribution in [0.2, 0.25) is 0 Å². The Kier molecular flexibility index (Phi) is 26.4. The lowest BCUT2D eigenvalue weighted by atomic mass is 10.1. The second-order valence-electron chi connectivity index (χ2n) is 8.48. The van der Waals surface area contributed by atoms with Gasteiger partial charge in [-0.05, 0) is 57.8 Å². The van der Waals surface area contributed by atoms with Crippen molar-refractivity contribution in [3.05, 3.63) is 0 Å². The van der Waals surface area contributed by atoms with Crippen molar-refractivity contribution in [3.63, 3.8) is 0 Å². The molecule has 0 aliphatic rings. The highest BCUT2D eigenvalue weighted by Crippen LogP contribution is 2.13. The molecule has 0 spiro atoms. The molecule has 0 aliphatic heterocycles. The Bertz CT molecular complexity index is 481. The molecular formula is C28H47BrO4. The molecule has 33 heavy (non-hydrogen) atoms. The van der Waals surface area contributed by atoms with Crippen molar-refractivity contribution < 1.29 is 19.0 Å². The van der Waals surface area contributed by atoms with Gasteiger partial charge in [-0.15, -0.1) is 24.7 Å². The van der Waals surface area contributed by atoms with Crippen molar-refractivity contribution in [1.82, 2.24) is 0 Å². The van der Waals surface area contributed by atoms with Gasteiger partial charge in [-0.25, -0.2) is 0 Å². The van der Waals surface area contributed by atoms with E-state index in [4.69, 9.17) is 27.1 Å². The summed E-state index contributed by atoms with van der Waals surface area (Å²) < 4.78 is 17.3. The molecule has 0 unspecified atom stereocenters. The van der Waals surface area contributed by atoms with Gasteiger partial charge in [0.15, 0.2) is 6.29 Å². The highest BCUT2D eigenvalue weighted by Gasteiger charge is 2.11. The van der Waals surface area contributed by atoms with Gasteiger partial charge in [0.05, 0.1) is 6.61 Å². The topological polar surface area (TPSA) is 44.8 Å². The molecule has 0 aromatic rings. The number of hydrogen-bond donors (Lipinski definition) is 0. The minimum Gasteiger partial charge on any atom is -0.466 e. The summed E-state index contributed by atoms with van der Waals surface area (Å²) in [7, 11) is 0. The summed E-state index contributed by atoms with van der Waals surface area (Å²) in [6.45, 7) is 1.96. The molecular weight excluding hydrogens is 480 g/mol. The summed E-state index contributed by atoms with van der Waals surface area (Å²) in [4.78, 5) is 11.9. The summed E-state index contributed by atoms with van der Waals surface area (Å²) in [5, 5.41) is 1.04. The van der Waals surface area contributed by atoms with E-state index in [1.807, 2.05) is 0 Å². The van der Waals surface area contributed by atoms with Gasteiger partial charge in [0.1, 0.15) is 0 Å². The first-order valence-electron chi connectivity index (χ1n) is 13.1. The van der Waals surface area contributed by atoms with E-state index in [0.717, 1.165) is 102 Å². The SMILES string of the molecule is C#CCCCCCCOC(CCCCC(=O)OCCCCCCBr)OCCCCCCC#C. The first-order chi connectivity index (χ1) is 16.2. The van der Waals surface area contributed by atoms with Crippen LogP contribution in [0.25, 0.3) is 0 Å². The predicted molar refractivity (Wildman–Crippen MR) is 141 cm³/mol. The van der Waals surface area contributed by atoms with E-state index >= 15 is 0 Å². The lowest BCUT2D eigenvalue weighted by Gasteiger charge is -2.19. The second-order valence-corrected chi connectivity index (χ2v) is 9.27. The Hall–Kier alpha value is -1.01. The molecule has 0 bridgehead atoms. The summed E-state index contributed by atoms with van der Waals surface area (Å²) in [6.07, 6.45) is 28.3. The fraction of sp³-hybridized carbons (Fsp3) is 0.821. The van der Waals surface area contributed by atoms with Gasteiger partial charge in [-0.2, -0.15) is 0 Å². The Labute approximate surface area is 212 Å². The maximum atomic E-state index is 11.9. The lowest BCUT2D eigenvalue weighted by molar-refractivity contribution is -0.149. The van der Waals surface area contributed by atoms with Gasteiger partial charge < -0.3 is 14.2 Å². The van der Waals surface area contributed by atoms with Crippen LogP contribution in [0.15, 0.2) is 0 Å². The number of carbonyl (C=O) groups excluding carboxylic acids is 1. The van der Waals surface area contributed by atoms with Gasteiger partial charge in [-0.3, -0.25) is 4.79 Å². The summed E-state index contributed by atoms with van der Waals surface area (Å²) in [5.74, 6) is 5.28. The quantitative estimate of drug-likeness (QED) is 0.0404. The van der Waals surface area contributed by atoms with Crippen molar-refractivity contribution in [2.45, 2.75) is 122 Å². The molecule has 190 valence electrons. The van der Waals surface area contributed by atoms with Crippen molar-refractivity contribution in [2.75, 3.05) is 25.2 Å². The number of hydrogen-bond acceptors (Lipinski definition) is 4. The van der Waals surface area contributed by atoms with Crippen LogP contribution in [-0.2, 0) is 19.0 Å². The zero-order valence-corrected chi connectivity index (χ0v) is 22.4. The van der Waals surface area contributed by atoms with E-state index in [1.165, 1.54) is 12.8 Å². The van der Waals surface area contributed by atoms with Gasteiger partial charge in [-0.1, -0.05) is 54.5 Å². The fourth-order valence-corrected chi connectivity index (χ4v) is 3.79. The monoisotopic (exact) mass is 526 g/mol. The molecule has 0 fully saturated rings. The highest BCUT2D eigenvalue weighted by molar-refractivity contribution is 9.09. The van der Waals surface area contributed by atoms with Crippen molar-refractivity contribution in [1.29, 1.82) is 0 Å². The van der Waals surface area contributed by atoms with Crippen LogP contribution in [0.3, 0.4) is 0 Å². The Morgan fingerprint density at radius 2 is 1.18 bits per heavy atom. The van der Waals surface area contributed by atoms with Crippen molar-refractivity contribution in [2.24, 2.45) is 0 Å². The maximum absolute atomic E-state index is 11.9. The van der Waals surface area contributed by atoms with Crippen LogP contribution in [0, 0.1) is 24.7 Å². The van der Waals surface area contributed by atoms with E-state index in [0.29, 0.717) is 26.2 Å². The third-order valence-electron chi connectivity index (χ3n) is 5.40. The van der Waals surface area contributed by atoms with E-state index < -0.39 is 0 Å². The average Bonchev–Trinajstić information content (AvgIpc) is 2.82. The Balaban J connectivity index is 3.96. The van der Waals surface area contributed by atoms with Gasteiger partial charge >= 0.3 is 5.97 Å². The second kappa shape index (κ2) is 27.2. The standard InChI is InChI=1S/C28H47BrO4/c1-3-5-7-9-12-19-25-32-28(33-26-20-13-10-8-6-4-2)22-16-15-21-27(30)31-24-18-14-11-17-23-29/h1-2,28H,5-26H2. The lowest BCUT2D eigenvalue weighted by Crippen LogP contribution is -2.19. The molecule has 0 aromatic heterocycles. The fourth-order valence-electron chi connectivity index (χ4n) is 3.40. The van der Waals surface area contributed by atoms with Crippen molar-refractivity contribution in [3.8, 4) is 24.7 Å². The largest absolute Gasteiger partial charge is 0.466 e. The number of rotatable bonds is 25. The molecule has 0 aromatic carbocycles. The van der Waals surface area contributed by atoms with Crippen molar-refractivity contribution >= 4 is 21.9 Å². The molecule has 4 nitrogen and oxygen atoms in total. The molecule has 0 rings (SSSR count). The van der Waals surface area contributed by atoms with Gasteiger partial charge in [0.25, 0.3) is 0 Å². The zero-order chi connectivity index (χ0) is 24.2. The minimum absolute atomic E-state index is 0.0900. The van der Waals surface area contributed by atoms with Crippen LogP contribution in [0.1, 0.15) is 116 Å². The molecule has 0 atom stereocenters. The van der Waals surface area contributed by atoms with E-state index in [2.05, 4.69) is 27.8 Å². The van der Waals surface area contributed by atoms with Gasteiger partial charge in [0.2, 0.25) is 0 Å². The number of unbranched alkanes of at least 4 members (excludes halogenated alkanes) is 12.